The molecular formula is C20H22N4OS2. The van der Waals surface area contributed by atoms with Crippen molar-refractivity contribution in [3.8, 4) is 5.69 Å². The van der Waals surface area contributed by atoms with Gasteiger partial charge in [0, 0.05) is 11.4 Å². The van der Waals surface area contributed by atoms with Gasteiger partial charge in [-0.2, -0.15) is 0 Å². The Morgan fingerprint density at radius 3 is 2.52 bits per heavy atom. The number of hydrogen-bond acceptors (Lipinski definition) is 5. The quantitative estimate of drug-likeness (QED) is 0.583. The van der Waals surface area contributed by atoms with Crippen molar-refractivity contribution in [3.63, 3.8) is 0 Å². The third-order valence-corrected chi connectivity index (χ3v) is 6.09. The summed E-state index contributed by atoms with van der Waals surface area (Å²) < 4.78 is 2.03. The Bertz CT molecular complexity index is 925. The van der Waals surface area contributed by atoms with E-state index >= 15 is 0 Å². The highest BCUT2D eigenvalue weighted by atomic mass is 32.2. The van der Waals surface area contributed by atoms with Crippen molar-refractivity contribution < 1.29 is 4.79 Å². The molecule has 7 heteroatoms. The van der Waals surface area contributed by atoms with Gasteiger partial charge in [-0.25, -0.2) is 0 Å². The van der Waals surface area contributed by atoms with Crippen molar-refractivity contribution >= 4 is 29.4 Å². The molecule has 0 aliphatic heterocycles. The van der Waals surface area contributed by atoms with Crippen LogP contribution in [-0.4, -0.2) is 26.4 Å². The molecule has 0 unspecified atom stereocenters. The van der Waals surface area contributed by atoms with Gasteiger partial charge >= 0.3 is 0 Å². The Balaban J connectivity index is 1.83. The van der Waals surface area contributed by atoms with Crippen molar-refractivity contribution in [2.75, 3.05) is 5.75 Å². The molecule has 0 aliphatic carbocycles. The van der Waals surface area contributed by atoms with Crippen LogP contribution in [0, 0.1) is 13.8 Å². The number of aryl methyl sites for hydroxylation is 2. The summed E-state index contributed by atoms with van der Waals surface area (Å²) in [6.45, 7) is 4.17. The van der Waals surface area contributed by atoms with Crippen molar-refractivity contribution in [3.05, 3.63) is 71.0 Å². The van der Waals surface area contributed by atoms with Crippen LogP contribution < -0.4 is 5.73 Å². The van der Waals surface area contributed by atoms with E-state index in [1.54, 1.807) is 11.8 Å². The van der Waals surface area contributed by atoms with Crippen LogP contribution in [0.5, 0.6) is 0 Å². The number of nitrogens with two attached hydrogens (primary N) is 1. The Hall–Kier alpha value is -2.25. The Morgan fingerprint density at radius 2 is 1.81 bits per heavy atom. The van der Waals surface area contributed by atoms with Gasteiger partial charge in [-0.1, -0.05) is 48.2 Å². The fraction of sp³-hybridized carbons (Fsp3) is 0.250. The molecule has 0 atom stereocenters. The Labute approximate surface area is 167 Å². The molecule has 2 aromatic carbocycles. The number of rotatable bonds is 8. The minimum Gasteiger partial charge on any atom is -0.369 e. The molecular weight excluding hydrogens is 376 g/mol. The Kier molecular flexibility index (Phi) is 6.58. The molecule has 2 N–H and O–H groups in total. The van der Waals surface area contributed by atoms with E-state index in [1.165, 1.54) is 28.5 Å². The average molecular weight is 399 g/mol. The first-order valence-corrected chi connectivity index (χ1v) is 10.7. The molecule has 0 saturated carbocycles. The average Bonchev–Trinajstić information content (AvgIpc) is 3.06. The third-order valence-electron chi connectivity index (χ3n) is 4.14. The number of hydrogen-bond donors (Lipinski definition) is 1. The highest BCUT2D eigenvalue weighted by molar-refractivity contribution is 7.99. The predicted octanol–water partition coefficient (Wildman–Crippen LogP) is 3.89. The number of primary amides is 1. The molecule has 0 fully saturated rings. The van der Waals surface area contributed by atoms with Gasteiger partial charge in [0.1, 0.15) is 5.82 Å². The summed E-state index contributed by atoms with van der Waals surface area (Å²) >= 11 is 3.11. The van der Waals surface area contributed by atoms with Gasteiger partial charge in [0.25, 0.3) is 0 Å². The first-order chi connectivity index (χ1) is 13.0. The minimum absolute atomic E-state index is 0.181. The SMILES string of the molecule is Cc1ccc(-n2c(CSCc3ccccc3)nnc2SCC(N)=O)cc1C. The molecule has 140 valence electrons. The van der Waals surface area contributed by atoms with E-state index in [1.807, 2.05) is 22.8 Å². The first-order valence-electron chi connectivity index (χ1n) is 8.59. The fourth-order valence-electron chi connectivity index (χ4n) is 2.58. The second kappa shape index (κ2) is 9.10. The van der Waals surface area contributed by atoms with Crippen LogP contribution in [0.15, 0.2) is 53.7 Å². The normalized spacial score (nSPS) is 10.9. The van der Waals surface area contributed by atoms with E-state index in [0.717, 1.165) is 23.0 Å². The molecule has 0 bridgehead atoms. The lowest BCUT2D eigenvalue weighted by Crippen LogP contribution is -2.14. The van der Waals surface area contributed by atoms with Crippen LogP contribution in [0.1, 0.15) is 22.5 Å². The highest BCUT2D eigenvalue weighted by Crippen LogP contribution is 2.26. The lowest BCUT2D eigenvalue weighted by atomic mass is 10.1. The summed E-state index contributed by atoms with van der Waals surface area (Å²) in [7, 11) is 0. The first kappa shape index (κ1) is 19.5. The van der Waals surface area contributed by atoms with Crippen LogP contribution in [0.4, 0.5) is 0 Å². The second-order valence-electron chi connectivity index (χ2n) is 6.24. The fourth-order valence-corrected chi connectivity index (χ4v) is 4.19. The maximum Gasteiger partial charge on any atom is 0.227 e. The largest absolute Gasteiger partial charge is 0.369 e. The molecule has 1 aromatic heterocycles. The molecule has 0 spiro atoms. The van der Waals surface area contributed by atoms with Crippen molar-refractivity contribution in [1.29, 1.82) is 0 Å². The number of amides is 1. The van der Waals surface area contributed by atoms with Crippen LogP contribution >= 0.6 is 23.5 Å². The zero-order chi connectivity index (χ0) is 19.2. The molecule has 0 aliphatic rings. The zero-order valence-corrected chi connectivity index (χ0v) is 17.0. The number of carbonyl (C=O) groups is 1. The number of aromatic nitrogens is 3. The lowest BCUT2D eigenvalue weighted by molar-refractivity contribution is -0.115. The maximum atomic E-state index is 11.2. The van der Waals surface area contributed by atoms with Crippen LogP contribution in [-0.2, 0) is 16.3 Å². The summed E-state index contributed by atoms with van der Waals surface area (Å²) in [5.74, 6) is 2.32. The molecule has 27 heavy (non-hydrogen) atoms. The van der Waals surface area contributed by atoms with E-state index in [9.17, 15) is 4.79 Å². The predicted molar refractivity (Wildman–Crippen MR) is 112 cm³/mol. The number of thioether (sulfide) groups is 2. The summed E-state index contributed by atoms with van der Waals surface area (Å²) in [5.41, 5.74) is 10.0. The number of benzene rings is 2. The number of carbonyl (C=O) groups excluding carboxylic acids is 1. The molecule has 0 radical (unpaired) electrons. The van der Waals surface area contributed by atoms with Gasteiger partial charge < -0.3 is 5.73 Å². The van der Waals surface area contributed by atoms with Crippen molar-refractivity contribution in [1.82, 2.24) is 14.8 Å². The van der Waals surface area contributed by atoms with Gasteiger partial charge in [0.2, 0.25) is 5.91 Å². The summed E-state index contributed by atoms with van der Waals surface area (Å²) in [4.78, 5) is 11.2. The van der Waals surface area contributed by atoms with Crippen molar-refractivity contribution in [2.45, 2.75) is 30.5 Å². The zero-order valence-electron chi connectivity index (χ0n) is 15.4. The van der Waals surface area contributed by atoms with Gasteiger partial charge in [-0.15, -0.1) is 22.0 Å². The van der Waals surface area contributed by atoms with Gasteiger partial charge in [-0.05, 0) is 42.7 Å². The molecule has 3 aromatic rings. The minimum atomic E-state index is -0.366. The summed E-state index contributed by atoms with van der Waals surface area (Å²) in [5, 5.41) is 9.36. The summed E-state index contributed by atoms with van der Waals surface area (Å²) in [6, 6.07) is 16.6. The molecule has 3 rings (SSSR count). The topological polar surface area (TPSA) is 73.8 Å². The summed E-state index contributed by atoms with van der Waals surface area (Å²) in [6.07, 6.45) is 0. The second-order valence-corrected chi connectivity index (χ2v) is 8.16. The molecule has 0 saturated heterocycles. The highest BCUT2D eigenvalue weighted by Gasteiger charge is 2.16. The standard InChI is InChI=1S/C20H22N4OS2/c1-14-8-9-17(10-15(14)2)24-19(22-23-20(24)27-12-18(21)25)13-26-11-16-6-4-3-5-7-16/h3-10H,11-13H2,1-2H3,(H2,21,25). The molecule has 1 heterocycles. The van der Waals surface area contributed by atoms with E-state index in [4.69, 9.17) is 5.73 Å². The van der Waals surface area contributed by atoms with Gasteiger partial charge in [0.15, 0.2) is 5.16 Å². The van der Waals surface area contributed by atoms with Gasteiger partial charge in [-0.3, -0.25) is 9.36 Å². The van der Waals surface area contributed by atoms with Crippen LogP contribution in [0.2, 0.25) is 0 Å². The van der Waals surface area contributed by atoms with E-state index < -0.39 is 0 Å². The van der Waals surface area contributed by atoms with E-state index in [0.29, 0.717) is 5.16 Å². The smallest absolute Gasteiger partial charge is 0.227 e. The molecule has 1 amide bonds. The Morgan fingerprint density at radius 1 is 1.04 bits per heavy atom. The maximum absolute atomic E-state index is 11.2. The third kappa shape index (κ3) is 5.14. The van der Waals surface area contributed by atoms with E-state index in [2.05, 4.69) is 54.4 Å². The van der Waals surface area contributed by atoms with Crippen LogP contribution in [0.25, 0.3) is 5.69 Å². The van der Waals surface area contributed by atoms with Gasteiger partial charge in [0.05, 0.1) is 11.5 Å². The lowest BCUT2D eigenvalue weighted by Gasteiger charge is -2.12. The molecule has 5 nitrogen and oxygen atoms in total. The number of nitrogens with zero attached hydrogens (tertiary/aromatic N) is 3. The monoisotopic (exact) mass is 398 g/mol. The van der Waals surface area contributed by atoms with E-state index in [-0.39, 0.29) is 11.7 Å². The van der Waals surface area contributed by atoms with Crippen molar-refractivity contribution in [2.24, 2.45) is 5.73 Å². The van der Waals surface area contributed by atoms with Crippen LogP contribution in [0.3, 0.4) is 0 Å².